The molecular formula is C22H25BrN2O3. The summed E-state index contributed by atoms with van der Waals surface area (Å²) >= 11 is 3.43. The lowest BCUT2D eigenvalue weighted by Gasteiger charge is -2.30. The van der Waals surface area contributed by atoms with E-state index in [9.17, 15) is 9.59 Å². The smallest absolute Gasteiger partial charge is 0.262 e. The number of carbonyl (C=O) groups is 2. The first-order valence-corrected chi connectivity index (χ1v) is 10.3. The van der Waals surface area contributed by atoms with E-state index >= 15 is 0 Å². The molecule has 1 aliphatic rings. The number of amides is 2. The van der Waals surface area contributed by atoms with Gasteiger partial charge in [0.25, 0.3) is 11.8 Å². The molecule has 0 saturated carbocycles. The highest BCUT2D eigenvalue weighted by molar-refractivity contribution is 9.10. The molecule has 148 valence electrons. The molecule has 1 N–H and O–H groups in total. The molecule has 1 saturated heterocycles. The molecule has 0 aromatic heterocycles. The van der Waals surface area contributed by atoms with E-state index in [4.69, 9.17) is 4.74 Å². The van der Waals surface area contributed by atoms with Crippen LogP contribution in [-0.4, -0.2) is 36.4 Å². The number of hydrogen-bond donors (Lipinski definition) is 1. The van der Waals surface area contributed by atoms with E-state index in [2.05, 4.69) is 28.2 Å². The molecule has 0 bridgehead atoms. The maximum Gasteiger partial charge on any atom is 0.262 e. The lowest BCUT2D eigenvalue weighted by atomic mass is 9.98. The Bertz CT molecular complexity index is 843. The fraction of sp³-hybridized carbons (Fsp3) is 0.364. The SMILES string of the molecule is Cc1ccc(OCC(=O)Nc2ccc(C(=O)N3CCC(C)CC3)cc2)c(Br)c1. The lowest BCUT2D eigenvalue weighted by molar-refractivity contribution is -0.118. The van der Waals surface area contributed by atoms with Crippen LogP contribution in [0.25, 0.3) is 0 Å². The van der Waals surface area contributed by atoms with Gasteiger partial charge >= 0.3 is 0 Å². The molecule has 28 heavy (non-hydrogen) atoms. The number of halogens is 1. The third-order valence-corrected chi connectivity index (χ3v) is 5.55. The molecule has 1 heterocycles. The molecule has 0 aliphatic carbocycles. The molecular weight excluding hydrogens is 420 g/mol. The number of benzene rings is 2. The predicted molar refractivity (Wildman–Crippen MR) is 114 cm³/mol. The highest BCUT2D eigenvalue weighted by atomic mass is 79.9. The number of nitrogens with zero attached hydrogens (tertiary/aromatic N) is 1. The second-order valence-electron chi connectivity index (χ2n) is 7.32. The van der Waals surface area contributed by atoms with Crippen LogP contribution in [0.5, 0.6) is 5.75 Å². The largest absolute Gasteiger partial charge is 0.483 e. The van der Waals surface area contributed by atoms with E-state index in [0.29, 0.717) is 22.9 Å². The molecule has 0 unspecified atom stereocenters. The summed E-state index contributed by atoms with van der Waals surface area (Å²) in [6, 6.07) is 12.7. The van der Waals surface area contributed by atoms with Gasteiger partial charge < -0.3 is 15.0 Å². The maximum atomic E-state index is 12.6. The summed E-state index contributed by atoms with van der Waals surface area (Å²) in [5.74, 6) is 1.11. The molecule has 3 rings (SSSR count). The Morgan fingerprint density at radius 2 is 1.82 bits per heavy atom. The van der Waals surface area contributed by atoms with Crippen LogP contribution in [0.2, 0.25) is 0 Å². The van der Waals surface area contributed by atoms with Crippen LogP contribution in [0.15, 0.2) is 46.9 Å². The van der Waals surface area contributed by atoms with Crippen LogP contribution in [0.3, 0.4) is 0 Å². The summed E-state index contributed by atoms with van der Waals surface area (Å²) in [4.78, 5) is 26.6. The molecule has 6 heteroatoms. The van der Waals surface area contributed by atoms with Gasteiger partial charge in [-0.2, -0.15) is 0 Å². The van der Waals surface area contributed by atoms with Crippen LogP contribution in [0.1, 0.15) is 35.7 Å². The number of rotatable bonds is 5. The molecule has 1 fully saturated rings. The predicted octanol–water partition coefficient (Wildman–Crippen LogP) is 4.65. The summed E-state index contributed by atoms with van der Waals surface area (Å²) in [6.45, 7) is 5.74. The minimum absolute atomic E-state index is 0.0531. The van der Waals surface area contributed by atoms with Crippen LogP contribution in [-0.2, 0) is 4.79 Å². The second-order valence-corrected chi connectivity index (χ2v) is 8.18. The van der Waals surface area contributed by atoms with E-state index in [1.807, 2.05) is 30.0 Å². The average molecular weight is 445 g/mol. The van der Waals surface area contributed by atoms with Crippen molar-refractivity contribution in [1.29, 1.82) is 0 Å². The first-order valence-electron chi connectivity index (χ1n) is 9.50. The Morgan fingerprint density at radius 1 is 1.14 bits per heavy atom. The van der Waals surface area contributed by atoms with E-state index < -0.39 is 0 Å². The maximum absolute atomic E-state index is 12.6. The number of aryl methyl sites for hydroxylation is 1. The van der Waals surface area contributed by atoms with Gasteiger partial charge in [0.2, 0.25) is 0 Å². The molecule has 0 radical (unpaired) electrons. The summed E-state index contributed by atoms with van der Waals surface area (Å²) in [5.41, 5.74) is 2.39. The van der Waals surface area contributed by atoms with Gasteiger partial charge in [-0.1, -0.05) is 13.0 Å². The van der Waals surface area contributed by atoms with Gasteiger partial charge in [-0.25, -0.2) is 0 Å². The fourth-order valence-corrected chi connectivity index (χ4v) is 3.76. The Balaban J connectivity index is 1.52. The zero-order chi connectivity index (χ0) is 20.1. The van der Waals surface area contributed by atoms with Gasteiger partial charge in [0.1, 0.15) is 5.75 Å². The number of piperidine rings is 1. The van der Waals surface area contributed by atoms with Crippen molar-refractivity contribution in [3.05, 3.63) is 58.1 Å². The standard InChI is InChI=1S/C22H25BrN2O3/c1-15-9-11-25(12-10-15)22(27)17-4-6-18(7-5-17)24-21(26)14-28-20-8-3-16(2)13-19(20)23/h3-8,13,15H,9-12,14H2,1-2H3,(H,24,26). The van der Waals surface area contributed by atoms with E-state index in [1.54, 1.807) is 24.3 Å². The third kappa shape index (κ3) is 5.35. The van der Waals surface area contributed by atoms with Gasteiger partial charge in [0, 0.05) is 24.3 Å². The number of ether oxygens (including phenoxy) is 1. The van der Waals surface area contributed by atoms with Gasteiger partial charge in [-0.3, -0.25) is 9.59 Å². The number of carbonyl (C=O) groups excluding carboxylic acids is 2. The fourth-order valence-electron chi connectivity index (χ4n) is 3.15. The average Bonchev–Trinajstić information content (AvgIpc) is 2.68. The zero-order valence-electron chi connectivity index (χ0n) is 16.2. The molecule has 0 spiro atoms. The van der Waals surface area contributed by atoms with Crippen molar-refractivity contribution in [1.82, 2.24) is 4.90 Å². The van der Waals surface area contributed by atoms with Crippen molar-refractivity contribution in [3.63, 3.8) is 0 Å². The highest BCUT2D eigenvalue weighted by Crippen LogP contribution is 2.25. The minimum atomic E-state index is -0.253. The van der Waals surface area contributed by atoms with Gasteiger partial charge in [-0.15, -0.1) is 0 Å². The Hall–Kier alpha value is -2.34. The van der Waals surface area contributed by atoms with E-state index in [-0.39, 0.29) is 18.4 Å². The van der Waals surface area contributed by atoms with E-state index in [1.165, 1.54) is 0 Å². The van der Waals surface area contributed by atoms with E-state index in [0.717, 1.165) is 36.0 Å². The monoisotopic (exact) mass is 444 g/mol. The van der Waals surface area contributed by atoms with Crippen LogP contribution >= 0.6 is 15.9 Å². The Morgan fingerprint density at radius 3 is 2.46 bits per heavy atom. The Kier molecular flexibility index (Phi) is 6.73. The lowest BCUT2D eigenvalue weighted by Crippen LogP contribution is -2.37. The number of hydrogen-bond acceptors (Lipinski definition) is 3. The van der Waals surface area contributed by atoms with Crippen molar-refractivity contribution >= 4 is 33.4 Å². The molecule has 2 amide bonds. The second kappa shape index (κ2) is 9.24. The quantitative estimate of drug-likeness (QED) is 0.729. The summed E-state index contributed by atoms with van der Waals surface area (Å²) in [5, 5.41) is 2.79. The topological polar surface area (TPSA) is 58.6 Å². The van der Waals surface area contributed by atoms with Gasteiger partial charge in [-0.05, 0) is 83.6 Å². The zero-order valence-corrected chi connectivity index (χ0v) is 17.8. The van der Waals surface area contributed by atoms with Crippen molar-refractivity contribution in [2.24, 2.45) is 5.92 Å². The summed E-state index contributed by atoms with van der Waals surface area (Å²) < 4.78 is 6.37. The normalized spacial score (nSPS) is 14.6. The van der Waals surface area contributed by atoms with Crippen LogP contribution in [0, 0.1) is 12.8 Å². The van der Waals surface area contributed by atoms with Gasteiger partial charge in [0.05, 0.1) is 4.47 Å². The minimum Gasteiger partial charge on any atom is -0.483 e. The third-order valence-electron chi connectivity index (χ3n) is 4.93. The first-order chi connectivity index (χ1) is 13.4. The first kappa shape index (κ1) is 20.4. The summed E-state index contributed by atoms with van der Waals surface area (Å²) in [7, 11) is 0. The number of nitrogens with one attached hydrogen (secondary N) is 1. The van der Waals surface area contributed by atoms with Crippen molar-refractivity contribution in [2.45, 2.75) is 26.7 Å². The molecule has 1 aliphatic heterocycles. The van der Waals surface area contributed by atoms with Crippen LogP contribution < -0.4 is 10.1 Å². The molecule has 2 aromatic rings. The number of anilines is 1. The Labute approximate surface area is 174 Å². The highest BCUT2D eigenvalue weighted by Gasteiger charge is 2.21. The number of likely N-dealkylation sites (tertiary alicyclic amines) is 1. The van der Waals surface area contributed by atoms with Crippen molar-refractivity contribution in [2.75, 3.05) is 25.0 Å². The summed E-state index contributed by atoms with van der Waals surface area (Å²) in [6.07, 6.45) is 2.11. The molecule has 2 aromatic carbocycles. The molecule has 5 nitrogen and oxygen atoms in total. The van der Waals surface area contributed by atoms with Gasteiger partial charge in [0.15, 0.2) is 6.61 Å². The van der Waals surface area contributed by atoms with Crippen molar-refractivity contribution in [3.8, 4) is 5.75 Å². The van der Waals surface area contributed by atoms with Crippen molar-refractivity contribution < 1.29 is 14.3 Å². The van der Waals surface area contributed by atoms with Crippen LogP contribution in [0.4, 0.5) is 5.69 Å². The molecule has 0 atom stereocenters.